The topological polar surface area (TPSA) is 35.5 Å². The average Bonchev–Trinajstić information content (AvgIpc) is 3.34. The van der Waals surface area contributed by atoms with Gasteiger partial charge in [0, 0.05) is 11.1 Å². The van der Waals surface area contributed by atoms with E-state index in [4.69, 9.17) is 9.47 Å². The summed E-state index contributed by atoms with van der Waals surface area (Å²) in [5, 5.41) is 4.65. The fraction of sp³-hybridized carbons (Fsp3) is 0.588. The Morgan fingerprint density at radius 2 is 0.741 bits per heavy atom. The van der Waals surface area contributed by atoms with Crippen molar-refractivity contribution in [3.63, 3.8) is 0 Å². The fourth-order valence-corrected chi connectivity index (χ4v) is 8.98. The lowest BCUT2D eigenvalue weighted by Gasteiger charge is -2.20. The Balaban J connectivity index is 1.47. The molecule has 5 rings (SSSR count). The largest absolute Gasteiger partial charge is 0.519 e. The lowest BCUT2D eigenvalue weighted by molar-refractivity contribution is 0.154. The minimum atomic E-state index is -0.667. The zero-order valence-corrected chi connectivity index (χ0v) is 34.6. The van der Waals surface area contributed by atoms with Gasteiger partial charge in [0.2, 0.25) is 0 Å². The van der Waals surface area contributed by atoms with Crippen LogP contribution in [0.4, 0.5) is 4.79 Å². The number of ether oxygens (including phenoxy) is 2. The van der Waals surface area contributed by atoms with Crippen LogP contribution in [0.1, 0.15) is 205 Å². The summed E-state index contributed by atoms with van der Waals surface area (Å²) < 4.78 is 11.8. The van der Waals surface area contributed by atoms with Gasteiger partial charge in [-0.25, -0.2) is 4.79 Å². The van der Waals surface area contributed by atoms with Crippen molar-refractivity contribution in [2.75, 3.05) is 0 Å². The van der Waals surface area contributed by atoms with Crippen LogP contribution in [-0.4, -0.2) is 6.16 Å². The Kier molecular flexibility index (Phi) is 17.7. The van der Waals surface area contributed by atoms with Crippen molar-refractivity contribution in [1.29, 1.82) is 0 Å². The van der Waals surface area contributed by atoms with Crippen molar-refractivity contribution in [2.24, 2.45) is 0 Å². The molecule has 0 aliphatic carbocycles. The zero-order chi connectivity index (χ0) is 38.0. The molecule has 1 aliphatic rings. The summed E-state index contributed by atoms with van der Waals surface area (Å²) in [6, 6.07) is 22.5. The van der Waals surface area contributed by atoms with E-state index >= 15 is 0 Å². The molecule has 1 aliphatic heterocycles. The van der Waals surface area contributed by atoms with Gasteiger partial charge in [0.05, 0.1) is 0 Å². The lowest BCUT2D eigenvalue weighted by Crippen LogP contribution is -2.12. The third kappa shape index (κ3) is 11.8. The molecule has 54 heavy (non-hydrogen) atoms. The molecular weight excluding hydrogens is 661 g/mol. The Labute approximate surface area is 329 Å². The molecule has 0 radical (unpaired) electrons. The number of hydrogen-bond acceptors (Lipinski definition) is 3. The molecule has 0 spiro atoms. The number of fused-ring (bicyclic) bond motifs is 7. The van der Waals surface area contributed by atoms with E-state index < -0.39 is 6.16 Å². The molecule has 0 atom stereocenters. The van der Waals surface area contributed by atoms with E-state index in [1.54, 1.807) is 0 Å². The molecule has 0 unspecified atom stereocenters. The van der Waals surface area contributed by atoms with Gasteiger partial charge in [-0.2, -0.15) is 0 Å². The zero-order valence-electron chi connectivity index (χ0n) is 34.6. The number of rotatable bonds is 26. The first-order valence-corrected chi connectivity index (χ1v) is 22.6. The van der Waals surface area contributed by atoms with Crippen LogP contribution in [0.15, 0.2) is 60.7 Å². The van der Waals surface area contributed by atoms with Crippen LogP contribution < -0.4 is 9.47 Å². The van der Waals surface area contributed by atoms with E-state index in [0.29, 0.717) is 23.3 Å². The molecule has 0 fully saturated rings. The minimum absolute atomic E-state index is 0.579. The number of carbonyl (C=O) groups excluding carboxylic acids is 1. The fourth-order valence-electron chi connectivity index (χ4n) is 8.98. The highest BCUT2D eigenvalue weighted by molar-refractivity contribution is 6.11. The van der Waals surface area contributed by atoms with Crippen LogP contribution in [-0.2, 0) is 0 Å². The first-order valence-electron chi connectivity index (χ1n) is 22.6. The molecule has 3 heteroatoms. The maximum absolute atomic E-state index is 13.0. The second-order valence-electron chi connectivity index (χ2n) is 16.5. The maximum atomic E-state index is 13.0. The van der Waals surface area contributed by atoms with E-state index in [0.717, 1.165) is 21.9 Å². The van der Waals surface area contributed by atoms with Gasteiger partial charge >= 0.3 is 6.16 Å². The molecule has 0 saturated heterocycles. The Hall–Kier alpha value is -3.33. The highest BCUT2D eigenvalue weighted by atomic mass is 16.7. The predicted octanol–water partition coefficient (Wildman–Crippen LogP) is 17.2. The Morgan fingerprint density at radius 3 is 1.07 bits per heavy atom. The van der Waals surface area contributed by atoms with Crippen molar-refractivity contribution in [3.05, 3.63) is 71.8 Å². The highest BCUT2D eigenvalue weighted by Gasteiger charge is 2.27. The third-order valence-corrected chi connectivity index (χ3v) is 12.2. The average molecular weight is 733 g/mol. The summed E-state index contributed by atoms with van der Waals surface area (Å²) in [5.74, 6) is 2.32. The molecule has 4 aromatic carbocycles. The van der Waals surface area contributed by atoms with Gasteiger partial charge in [-0.3, -0.25) is 0 Å². The van der Waals surface area contributed by atoms with Gasteiger partial charge in [0.25, 0.3) is 0 Å². The van der Waals surface area contributed by atoms with Gasteiger partial charge in [0.15, 0.2) is 0 Å². The van der Waals surface area contributed by atoms with Crippen molar-refractivity contribution in [1.82, 2.24) is 0 Å². The molecule has 4 aromatic rings. The summed E-state index contributed by atoms with van der Waals surface area (Å²) in [6.45, 7) is 9.18. The molecule has 0 amide bonds. The van der Waals surface area contributed by atoms with Gasteiger partial charge in [-0.15, -0.1) is 0 Å². The summed E-state index contributed by atoms with van der Waals surface area (Å²) in [6.07, 6.45) is 30.8. The normalized spacial score (nSPS) is 12.7. The van der Waals surface area contributed by atoms with Crippen LogP contribution >= 0.6 is 0 Å². The van der Waals surface area contributed by atoms with Crippen molar-refractivity contribution >= 4 is 27.7 Å². The smallest absolute Gasteiger partial charge is 0.394 e. The standard InChI is InChI=1S/C51H72O3/c1-5-9-13-17-21-25-39(26-22-18-14-10-6-2)41-29-33-45-43(37-41)31-35-47-49(45)50-46-34-30-42(38-44(46)32-36-48(50)54-51(52)53-47)40(27-23-19-15-11-7-3)28-24-20-16-12-8-4/h29-40H,5-28H2,1-4H3. The highest BCUT2D eigenvalue weighted by Crippen LogP contribution is 2.48. The predicted molar refractivity (Wildman–Crippen MR) is 233 cm³/mol. The van der Waals surface area contributed by atoms with Gasteiger partial charge in [-0.1, -0.05) is 205 Å². The van der Waals surface area contributed by atoms with Crippen LogP contribution in [0.3, 0.4) is 0 Å². The monoisotopic (exact) mass is 733 g/mol. The number of unbranched alkanes of at least 4 members (excludes halogenated alkanes) is 16. The quantitative estimate of drug-likeness (QED) is 0.0366. The molecule has 0 bridgehead atoms. The van der Waals surface area contributed by atoms with Gasteiger partial charge in [0.1, 0.15) is 11.5 Å². The van der Waals surface area contributed by atoms with Crippen LogP contribution in [0.25, 0.3) is 32.7 Å². The van der Waals surface area contributed by atoms with Crippen molar-refractivity contribution in [3.8, 4) is 22.6 Å². The molecule has 0 saturated carbocycles. The molecular formula is C51H72O3. The maximum Gasteiger partial charge on any atom is 0.519 e. The lowest BCUT2D eigenvalue weighted by atomic mass is 9.84. The Morgan fingerprint density at radius 1 is 0.407 bits per heavy atom. The molecule has 294 valence electrons. The second-order valence-corrected chi connectivity index (χ2v) is 16.5. The van der Waals surface area contributed by atoms with E-state index in [-0.39, 0.29) is 0 Å². The van der Waals surface area contributed by atoms with E-state index in [1.807, 2.05) is 12.1 Å². The van der Waals surface area contributed by atoms with Crippen LogP contribution in [0.5, 0.6) is 11.5 Å². The molecule has 0 N–H and O–H groups in total. The summed E-state index contributed by atoms with van der Waals surface area (Å²) in [5.41, 5.74) is 4.84. The SMILES string of the molecule is CCCCCCCC(CCCCCCC)c1ccc2c3c(ccc2c1)OC(=O)Oc1ccc2cc(C(CCCCCCC)CCCCCCC)ccc2c1-3. The van der Waals surface area contributed by atoms with Crippen LogP contribution in [0, 0.1) is 0 Å². The molecule has 3 nitrogen and oxygen atoms in total. The minimum Gasteiger partial charge on any atom is -0.394 e. The Bertz CT molecular complexity index is 1570. The first-order chi connectivity index (χ1) is 26.6. The van der Waals surface area contributed by atoms with E-state index in [2.05, 4.69) is 76.2 Å². The van der Waals surface area contributed by atoms with Crippen LogP contribution in [0.2, 0.25) is 0 Å². The van der Waals surface area contributed by atoms with Gasteiger partial charge in [-0.05, 0) is 82.3 Å². The van der Waals surface area contributed by atoms with E-state index in [9.17, 15) is 4.79 Å². The number of benzene rings is 4. The number of hydrogen-bond donors (Lipinski definition) is 0. The number of carbonyl (C=O) groups is 1. The molecule has 0 aromatic heterocycles. The van der Waals surface area contributed by atoms with E-state index in [1.165, 1.54) is 176 Å². The molecule has 1 heterocycles. The third-order valence-electron chi connectivity index (χ3n) is 12.2. The van der Waals surface area contributed by atoms with Crippen molar-refractivity contribution in [2.45, 2.75) is 194 Å². The summed E-state index contributed by atoms with van der Waals surface area (Å²) in [4.78, 5) is 13.0. The van der Waals surface area contributed by atoms with Gasteiger partial charge < -0.3 is 9.47 Å². The summed E-state index contributed by atoms with van der Waals surface area (Å²) >= 11 is 0. The summed E-state index contributed by atoms with van der Waals surface area (Å²) in [7, 11) is 0. The second kappa shape index (κ2) is 22.9. The van der Waals surface area contributed by atoms with Crippen molar-refractivity contribution < 1.29 is 14.3 Å². The first kappa shape index (κ1) is 41.8.